The maximum Gasteiger partial charge on any atom is 0.406 e. The van der Waals surface area contributed by atoms with Crippen LogP contribution in [-0.4, -0.2) is 45.9 Å². The van der Waals surface area contributed by atoms with Crippen LogP contribution in [0.5, 0.6) is 5.75 Å². The predicted molar refractivity (Wildman–Crippen MR) is 98.8 cm³/mol. The minimum Gasteiger partial charge on any atom is -0.490 e. The summed E-state index contributed by atoms with van der Waals surface area (Å²) in [5, 5.41) is 4.41. The monoisotopic (exact) mass is 407 g/mol. The van der Waals surface area contributed by atoms with Crippen LogP contribution < -0.4 is 4.74 Å². The molecule has 1 saturated heterocycles. The highest BCUT2D eigenvalue weighted by atomic mass is 19.4. The molecule has 1 amide bonds. The van der Waals surface area contributed by atoms with E-state index < -0.39 is 12.7 Å². The average Bonchev–Trinajstić information content (AvgIpc) is 3.28. The highest BCUT2D eigenvalue weighted by Crippen LogP contribution is 2.31. The maximum atomic E-state index is 12.8. The number of ether oxygens (including phenoxy) is 1. The van der Waals surface area contributed by atoms with Gasteiger partial charge in [0.2, 0.25) is 0 Å². The van der Waals surface area contributed by atoms with Gasteiger partial charge in [-0.15, -0.1) is 0 Å². The van der Waals surface area contributed by atoms with Crippen molar-refractivity contribution >= 4 is 16.8 Å². The van der Waals surface area contributed by atoms with Crippen LogP contribution in [-0.2, 0) is 6.54 Å². The van der Waals surface area contributed by atoms with Crippen molar-refractivity contribution in [3.8, 4) is 5.75 Å². The zero-order chi connectivity index (χ0) is 20.6. The second-order valence-corrected chi connectivity index (χ2v) is 7.18. The number of aromatic nitrogens is 2. The fourth-order valence-corrected chi connectivity index (χ4v) is 3.61. The highest BCUT2D eigenvalue weighted by molar-refractivity contribution is 5.92. The van der Waals surface area contributed by atoms with Crippen LogP contribution in [0.3, 0.4) is 0 Å². The Morgan fingerprint density at radius 3 is 2.69 bits per heavy atom. The molecule has 29 heavy (non-hydrogen) atoms. The van der Waals surface area contributed by atoms with Crippen LogP contribution >= 0.6 is 0 Å². The van der Waals surface area contributed by atoms with Crippen LogP contribution in [0.2, 0.25) is 0 Å². The van der Waals surface area contributed by atoms with Gasteiger partial charge in [-0.3, -0.25) is 4.79 Å². The fraction of sp³-hybridized carbons (Fsp3) is 0.400. The van der Waals surface area contributed by atoms with E-state index in [1.165, 1.54) is 10.8 Å². The van der Waals surface area contributed by atoms with Crippen molar-refractivity contribution in [3.63, 3.8) is 0 Å². The molecule has 0 spiro atoms. The number of amides is 1. The van der Waals surface area contributed by atoms with E-state index in [1.807, 2.05) is 0 Å². The number of nitrogens with zero attached hydrogens (tertiary/aromatic N) is 3. The number of carbonyl (C=O) groups is 1. The Balaban J connectivity index is 1.42. The number of fused-ring (bicyclic) bond motifs is 1. The van der Waals surface area contributed by atoms with Gasteiger partial charge >= 0.3 is 6.18 Å². The Hall–Kier alpha value is -2.97. The summed E-state index contributed by atoms with van der Waals surface area (Å²) >= 11 is 0. The lowest BCUT2D eigenvalue weighted by Crippen LogP contribution is -2.41. The first-order valence-corrected chi connectivity index (χ1v) is 9.34. The summed E-state index contributed by atoms with van der Waals surface area (Å²) in [4.78, 5) is 14.1. The number of piperidine rings is 1. The number of carbonyl (C=O) groups excluding carboxylic acids is 1. The summed E-state index contributed by atoms with van der Waals surface area (Å²) in [5.74, 6) is 0.962. The molecule has 6 nitrogen and oxygen atoms in total. The quantitative estimate of drug-likeness (QED) is 0.651. The Morgan fingerprint density at radius 2 is 2.03 bits per heavy atom. The summed E-state index contributed by atoms with van der Waals surface area (Å²) in [7, 11) is 0. The standard InChI is InChI=1S/C20H20F3N3O3/c1-13-11-16(24-29-13)19(27)25-8-5-14(6-9-25)28-18-4-2-3-17-15(18)7-10-26(17)12-20(21,22)23/h2-4,7,10-11,14H,5-6,8-9,12H2,1H3. The van der Waals surface area contributed by atoms with Crippen LogP contribution in [0.4, 0.5) is 13.2 Å². The first kappa shape index (κ1) is 19.4. The lowest BCUT2D eigenvalue weighted by molar-refractivity contribution is -0.139. The van der Waals surface area contributed by atoms with E-state index in [2.05, 4.69) is 5.16 Å². The Labute approximate surface area is 164 Å². The van der Waals surface area contributed by atoms with E-state index >= 15 is 0 Å². The van der Waals surface area contributed by atoms with Gasteiger partial charge in [0, 0.05) is 43.6 Å². The van der Waals surface area contributed by atoms with Crippen LogP contribution in [0.15, 0.2) is 41.1 Å². The van der Waals surface area contributed by atoms with E-state index in [1.54, 1.807) is 42.2 Å². The van der Waals surface area contributed by atoms with E-state index in [0.717, 1.165) is 0 Å². The van der Waals surface area contributed by atoms with Gasteiger partial charge in [0.15, 0.2) is 5.69 Å². The first-order valence-electron chi connectivity index (χ1n) is 9.34. The van der Waals surface area contributed by atoms with Crippen molar-refractivity contribution in [3.05, 3.63) is 48.0 Å². The van der Waals surface area contributed by atoms with Crippen molar-refractivity contribution in [2.75, 3.05) is 13.1 Å². The van der Waals surface area contributed by atoms with Gasteiger partial charge in [-0.05, 0) is 25.1 Å². The van der Waals surface area contributed by atoms with Crippen molar-refractivity contribution in [1.29, 1.82) is 0 Å². The van der Waals surface area contributed by atoms with E-state index in [4.69, 9.17) is 9.26 Å². The number of benzene rings is 1. The van der Waals surface area contributed by atoms with Gasteiger partial charge in [-0.2, -0.15) is 13.2 Å². The topological polar surface area (TPSA) is 60.5 Å². The molecule has 154 valence electrons. The number of alkyl halides is 3. The molecule has 0 aliphatic carbocycles. The normalized spacial score (nSPS) is 15.8. The Morgan fingerprint density at radius 1 is 1.28 bits per heavy atom. The van der Waals surface area contributed by atoms with Gasteiger partial charge in [0.1, 0.15) is 24.2 Å². The molecule has 1 aromatic carbocycles. The summed E-state index contributed by atoms with van der Waals surface area (Å²) in [6, 6.07) is 8.35. The van der Waals surface area contributed by atoms with Crippen molar-refractivity contribution in [2.24, 2.45) is 0 Å². The molecule has 0 N–H and O–H groups in total. The molecule has 0 radical (unpaired) electrons. The molecule has 0 saturated carbocycles. The number of likely N-dealkylation sites (tertiary alicyclic amines) is 1. The third-order valence-corrected chi connectivity index (χ3v) is 4.99. The summed E-state index contributed by atoms with van der Waals surface area (Å²) in [6.45, 7) is 1.72. The molecule has 1 aliphatic heterocycles. The molecular formula is C20H20F3N3O3. The molecule has 2 aromatic heterocycles. The number of hydrogen-bond acceptors (Lipinski definition) is 4. The van der Waals surface area contributed by atoms with Gasteiger partial charge in [0.05, 0.1) is 5.52 Å². The third kappa shape index (κ3) is 4.23. The summed E-state index contributed by atoms with van der Waals surface area (Å²) < 4.78 is 50.5. The van der Waals surface area contributed by atoms with Crippen molar-refractivity contribution in [1.82, 2.24) is 14.6 Å². The fourth-order valence-electron chi connectivity index (χ4n) is 3.61. The number of aryl methyl sites for hydroxylation is 1. The SMILES string of the molecule is Cc1cc(C(=O)N2CCC(Oc3cccc4c3ccn4CC(F)(F)F)CC2)no1. The highest BCUT2D eigenvalue weighted by Gasteiger charge is 2.29. The minimum absolute atomic E-state index is 0.116. The molecule has 0 bridgehead atoms. The molecule has 0 atom stereocenters. The third-order valence-electron chi connectivity index (χ3n) is 4.99. The second-order valence-electron chi connectivity index (χ2n) is 7.18. The Bertz CT molecular complexity index is 1020. The van der Waals surface area contributed by atoms with Crippen LogP contribution in [0.1, 0.15) is 29.1 Å². The predicted octanol–water partition coefficient (Wildman–Crippen LogP) is 4.18. The molecular weight excluding hydrogens is 387 g/mol. The van der Waals surface area contributed by atoms with Gasteiger partial charge in [-0.1, -0.05) is 11.2 Å². The van der Waals surface area contributed by atoms with Crippen LogP contribution in [0, 0.1) is 6.92 Å². The van der Waals surface area contributed by atoms with Crippen molar-refractivity contribution < 1.29 is 27.2 Å². The molecule has 1 aliphatic rings. The maximum absolute atomic E-state index is 12.8. The van der Waals surface area contributed by atoms with Gasteiger partial charge < -0.3 is 18.7 Å². The lowest BCUT2D eigenvalue weighted by Gasteiger charge is -2.31. The molecule has 3 aromatic rings. The molecule has 9 heteroatoms. The van der Waals surface area contributed by atoms with Crippen molar-refractivity contribution in [2.45, 2.75) is 38.6 Å². The molecule has 3 heterocycles. The zero-order valence-electron chi connectivity index (χ0n) is 15.8. The van der Waals surface area contributed by atoms with Gasteiger partial charge in [0.25, 0.3) is 5.91 Å². The zero-order valence-corrected chi connectivity index (χ0v) is 15.8. The molecule has 1 fully saturated rings. The number of hydrogen-bond donors (Lipinski definition) is 0. The molecule has 4 rings (SSSR count). The molecule has 0 unspecified atom stereocenters. The average molecular weight is 407 g/mol. The summed E-state index contributed by atoms with van der Waals surface area (Å²) in [6.07, 6.45) is -1.73. The first-order chi connectivity index (χ1) is 13.8. The van der Waals surface area contributed by atoms with E-state index in [0.29, 0.717) is 48.3 Å². The Kier molecular flexibility index (Phi) is 4.97. The summed E-state index contributed by atoms with van der Waals surface area (Å²) in [5.41, 5.74) is 0.770. The largest absolute Gasteiger partial charge is 0.490 e. The van der Waals surface area contributed by atoms with E-state index in [9.17, 15) is 18.0 Å². The number of rotatable bonds is 4. The lowest BCUT2D eigenvalue weighted by atomic mass is 10.1. The van der Waals surface area contributed by atoms with Gasteiger partial charge in [-0.25, -0.2) is 0 Å². The minimum atomic E-state index is -4.29. The second kappa shape index (κ2) is 7.46. The number of halogens is 3. The smallest absolute Gasteiger partial charge is 0.406 e. The van der Waals surface area contributed by atoms with E-state index in [-0.39, 0.29) is 17.7 Å². The van der Waals surface area contributed by atoms with Crippen LogP contribution in [0.25, 0.3) is 10.9 Å².